The molecule has 0 spiro atoms. The smallest absolute Gasteiger partial charge is 0.293 e. The molecule has 5 nitrogen and oxygen atoms in total. The van der Waals surface area contributed by atoms with Crippen molar-refractivity contribution < 1.29 is 9.53 Å². The molecule has 0 saturated carbocycles. The SMILES string of the molecule is COc1cccn(CC(=O)N2CCC[C@H]2c2ccccc2)c1=O. The highest BCUT2D eigenvalue weighted by molar-refractivity contribution is 5.77. The number of carbonyl (C=O) groups excluding carboxylic acids is 1. The highest BCUT2D eigenvalue weighted by Crippen LogP contribution is 2.31. The number of ether oxygens (including phenoxy) is 1. The van der Waals surface area contributed by atoms with Crippen molar-refractivity contribution in [1.82, 2.24) is 9.47 Å². The van der Waals surface area contributed by atoms with Crippen molar-refractivity contribution in [3.05, 3.63) is 64.6 Å². The Kier molecular flexibility index (Phi) is 4.46. The standard InChI is InChI=1S/C18H20N2O3/c1-23-16-10-6-11-19(18(16)22)13-17(21)20-12-5-9-15(20)14-7-3-2-4-8-14/h2-4,6-8,10-11,15H,5,9,12-13H2,1H3/t15-/m0/s1. The van der Waals surface area contributed by atoms with Crippen LogP contribution in [0.5, 0.6) is 5.75 Å². The number of nitrogens with zero attached hydrogens (tertiary/aromatic N) is 2. The molecule has 0 unspecified atom stereocenters. The van der Waals surface area contributed by atoms with E-state index in [0.29, 0.717) is 0 Å². The monoisotopic (exact) mass is 312 g/mol. The molecular weight excluding hydrogens is 292 g/mol. The van der Waals surface area contributed by atoms with Gasteiger partial charge in [0.25, 0.3) is 5.56 Å². The molecule has 1 aliphatic rings. The number of aromatic nitrogens is 1. The Hall–Kier alpha value is -2.56. The normalized spacial score (nSPS) is 17.3. The zero-order chi connectivity index (χ0) is 16.2. The first-order valence-electron chi connectivity index (χ1n) is 7.78. The second kappa shape index (κ2) is 6.69. The largest absolute Gasteiger partial charge is 0.491 e. The van der Waals surface area contributed by atoms with E-state index in [4.69, 9.17) is 4.74 Å². The fourth-order valence-electron chi connectivity index (χ4n) is 3.12. The first-order chi connectivity index (χ1) is 11.2. The summed E-state index contributed by atoms with van der Waals surface area (Å²) in [7, 11) is 1.45. The van der Waals surface area contributed by atoms with Crippen LogP contribution in [-0.2, 0) is 11.3 Å². The van der Waals surface area contributed by atoms with Gasteiger partial charge in [-0.2, -0.15) is 0 Å². The van der Waals surface area contributed by atoms with Crippen LogP contribution in [0.15, 0.2) is 53.5 Å². The molecule has 1 atom stereocenters. The Morgan fingerprint density at radius 3 is 2.74 bits per heavy atom. The average Bonchev–Trinajstić information content (AvgIpc) is 3.07. The van der Waals surface area contributed by atoms with E-state index < -0.39 is 0 Å². The van der Waals surface area contributed by atoms with Crippen LogP contribution in [0, 0.1) is 0 Å². The molecule has 2 aromatic rings. The van der Waals surface area contributed by atoms with Gasteiger partial charge < -0.3 is 14.2 Å². The van der Waals surface area contributed by atoms with Crippen molar-refractivity contribution in [2.75, 3.05) is 13.7 Å². The minimum Gasteiger partial charge on any atom is -0.491 e. The second-order valence-corrected chi connectivity index (χ2v) is 5.67. The molecule has 1 aromatic carbocycles. The van der Waals surface area contributed by atoms with Crippen molar-refractivity contribution in [2.24, 2.45) is 0 Å². The minimum atomic E-state index is -0.279. The number of methoxy groups -OCH3 is 1. The minimum absolute atomic E-state index is 0.0355. The Balaban J connectivity index is 1.79. The molecule has 0 N–H and O–H groups in total. The zero-order valence-electron chi connectivity index (χ0n) is 13.1. The molecular formula is C18H20N2O3. The van der Waals surface area contributed by atoms with Gasteiger partial charge in [-0.3, -0.25) is 9.59 Å². The molecule has 1 saturated heterocycles. The quantitative estimate of drug-likeness (QED) is 0.870. The molecule has 1 amide bonds. The maximum Gasteiger partial charge on any atom is 0.293 e. The number of amides is 1. The van der Waals surface area contributed by atoms with E-state index in [1.807, 2.05) is 35.2 Å². The summed E-state index contributed by atoms with van der Waals surface area (Å²) in [5.41, 5.74) is 0.871. The van der Waals surface area contributed by atoms with Gasteiger partial charge in [0, 0.05) is 12.7 Å². The van der Waals surface area contributed by atoms with Gasteiger partial charge in [0.1, 0.15) is 6.54 Å². The first kappa shape index (κ1) is 15.3. The molecule has 120 valence electrons. The molecule has 0 radical (unpaired) electrons. The van der Waals surface area contributed by atoms with Gasteiger partial charge >= 0.3 is 0 Å². The molecule has 1 aromatic heterocycles. The number of likely N-dealkylation sites (tertiary alicyclic amines) is 1. The number of carbonyl (C=O) groups is 1. The van der Waals surface area contributed by atoms with Crippen LogP contribution in [0.4, 0.5) is 0 Å². The van der Waals surface area contributed by atoms with Gasteiger partial charge in [0.15, 0.2) is 5.75 Å². The Labute approximate surface area is 135 Å². The highest BCUT2D eigenvalue weighted by atomic mass is 16.5. The summed E-state index contributed by atoms with van der Waals surface area (Å²) in [6.45, 7) is 0.774. The van der Waals surface area contributed by atoms with Gasteiger partial charge in [-0.1, -0.05) is 30.3 Å². The second-order valence-electron chi connectivity index (χ2n) is 5.67. The topological polar surface area (TPSA) is 51.5 Å². The fraction of sp³-hybridized carbons (Fsp3) is 0.333. The first-order valence-corrected chi connectivity index (χ1v) is 7.78. The van der Waals surface area contributed by atoms with Gasteiger partial charge in [-0.05, 0) is 30.5 Å². The average molecular weight is 312 g/mol. The summed E-state index contributed by atoms with van der Waals surface area (Å²) in [6, 6.07) is 13.5. The van der Waals surface area contributed by atoms with Crippen LogP contribution >= 0.6 is 0 Å². The van der Waals surface area contributed by atoms with E-state index in [1.54, 1.807) is 18.3 Å². The van der Waals surface area contributed by atoms with Crippen LogP contribution < -0.4 is 10.3 Å². The molecule has 0 bridgehead atoms. The number of rotatable bonds is 4. The predicted octanol–water partition coefficient (Wildman–Crippen LogP) is 2.22. The molecule has 23 heavy (non-hydrogen) atoms. The highest BCUT2D eigenvalue weighted by Gasteiger charge is 2.29. The predicted molar refractivity (Wildman–Crippen MR) is 87.4 cm³/mol. The molecule has 1 fully saturated rings. The molecule has 5 heteroatoms. The summed E-state index contributed by atoms with van der Waals surface area (Å²) in [6.07, 6.45) is 3.57. The van der Waals surface area contributed by atoms with Gasteiger partial charge in [-0.25, -0.2) is 0 Å². The van der Waals surface area contributed by atoms with Gasteiger partial charge in [0.05, 0.1) is 13.2 Å². The van der Waals surface area contributed by atoms with Crippen LogP contribution in [0.3, 0.4) is 0 Å². The molecule has 2 heterocycles. The Morgan fingerprint density at radius 1 is 1.22 bits per heavy atom. The van der Waals surface area contributed by atoms with E-state index in [0.717, 1.165) is 24.9 Å². The Morgan fingerprint density at radius 2 is 2.00 bits per heavy atom. The lowest BCUT2D eigenvalue weighted by molar-refractivity contribution is -0.132. The van der Waals surface area contributed by atoms with E-state index in [9.17, 15) is 9.59 Å². The Bertz CT molecular complexity index is 739. The summed E-state index contributed by atoms with van der Waals surface area (Å²) in [4.78, 5) is 26.7. The van der Waals surface area contributed by atoms with Crippen LogP contribution in [0.2, 0.25) is 0 Å². The van der Waals surface area contributed by atoms with Crippen molar-refractivity contribution in [3.63, 3.8) is 0 Å². The van der Waals surface area contributed by atoms with Crippen molar-refractivity contribution in [3.8, 4) is 5.75 Å². The number of benzene rings is 1. The molecule has 1 aliphatic heterocycles. The lowest BCUT2D eigenvalue weighted by Crippen LogP contribution is -2.36. The van der Waals surface area contributed by atoms with Crippen molar-refractivity contribution in [1.29, 1.82) is 0 Å². The third kappa shape index (κ3) is 3.13. The maximum absolute atomic E-state index is 12.7. The third-order valence-electron chi connectivity index (χ3n) is 4.27. The zero-order valence-corrected chi connectivity index (χ0v) is 13.1. The van der Waals surface area contributed by atoms with Crippen LogP contribution in [0.25, 0.3) is 0 Å². The van der Waals surface area contributed by atoms with E-state index in [1.165, 1.54) is 11.7 Å². The number of hydrogen-bond donors (Lipinski definition) is 0. The molecule has 0 aliphatic carbocycles. The van der Waals surface area contributed by atoms with Crippen LogP contribution in [0.1, 0.15) is 24.4 Å². The van der Waals surface area contributed by atoms with Crippen LogP contribution in [-0.4, -0.2) is 29.0 Å². The summed E-state index contributed by atoms with van der Waals surface area (Å²) in [5.74, 6) is 0.216. The van der Waals surface area contributed by atoms with E-state index in [2.05, 4.69) is 0 Å². The fourth-order valence-corrected chi connectivity index (χ4v) is 3.12. The van der Waals surface area contributed by atoms with E-state index >= 15 is 0 Å². The summed E-state index contributed by atoms with van der Waals surface area (Å²) in [5, 5.41) is 0. The maximum atomic E-state index is 12.7. The number of hydrogen-bond acceptors (Lipinski definition) is 3. The van der Waals surface area contributed by atoms with Gasteiger partial charge in [-0.15, -0.1) is 0 Å². The molecule has 3 rings (SSSR count). The van der Waals surface area contributed by atoms with E-state index in [-0.39, 0.29) is 29.8 Å². The van der Waals surface area contributed by atoms with Gasteiger partial charge in [0.2, 0.25) is 5.91 Å². The summed E-state index contributed by atoms with van der Waals surface area (Å²) >= 11 is 0. The summed E-state index contributed by atoms with van der Waals surface area (Å²) < 4.78 is 6.43. The third-order valence-corrected chi connectivity index (χ3v) is 4.27. The van der Waals surface area contributed by atoms with Crippen molar-refractivity contribution >= 4 is 5.91 Å². The lowest BCUT2D eigenvalue weighted by atomic mass is 10.0. The number of pyridine rings is 1. The van der Waals surface area contributed by atoms with Crippen molar-refractivity contribution in [2.45, 2.75) is 25.4 Å². The lowest BCUT2D eigenvalue weighted by Gasteiger charge is -2.25.